The van der Waals surface area contributed by atoms with Crippen molar-refractivity contribution in [3.63, 3.8) is 0 Å². The Morgan fingerprint density at radius 1 is 1.34 bits per heavy atom. The first-order valence-electron chi connectivity index (χ1n) is 10.1. The minimum absolute atomic E-state index is 0.0558. The van der Waals surface area contributed by atoms with Crippen molar-refractivity contribution in [1.29, 1.82) is 0 Å². The van der Waals surface area contributed by atoms with Crippen LogP contribution in [-0.2, 0) is 0 Å². The standard InChI is InChI=1S/C21H26F2N4.C2H6/c1-5-14(3)25-15(4)17-11-16-7-6-13(2)10-18(16)26-20(17)27-9-8-21(22,23)19(24)12-27;1-2/h5-7,10-11,19,25H,4,8-9,12,24H2,1-3H3;1-2H3/b14-5+;. The first-order valence-corrected chi connectivity index (χ1v) is 10.1. The smallest absolute Gasteiger partial charge is 0.266 e. The molecule has 6 heteroatoms. The quantitative estimate of drug-likeness (QED) is 0.736. The fourth-order valence-electron chi connectivity index (χ4n) is 3.23. The second-order valence-electron chi connectivity index (χ2n) is 7.19. The zero-order valence-electron chi connectivity index (χ0n) is 18.0. The van der Waals surface area contributed by atoms with Crippen molar-refractivity contribution in [2.24, 2.45) is 5.73 Å². The van der Waals surface area contributed by atoms with Gasteiger partial charge in [0.15, 0.2) is 0 Å². The maximum absolute atomic E-state index is 13.9. The number of allylic oxidation sites excluding steroid dienone is 2. The average molecular weight is 403 g/mol. The fourth-order valence-corrected chi connectivity index (χ4v) is 3.23. The Morgan fingerprint density at radius 2 is 2.03 bits per heavy atom. The lowest BCUT2D eigenvalue weighted by molar-refractivity contribution is -0.0394. The number of fused-ring (bicyclic) bond motifs is 1. The summed E-state index contributed by atoms with van der Waals surface area (Å²) in [6, 6.07) is 6.82. The van der Waals surface area contributed by atoms with E-state index in [0.29, 0.717) is 11.5 Å². The number of nitrogens with two attached hydrogens (primary N) is 1. The molecule has 0 spiro atoms. The highest BCUT2D eigenvalue weighted by Gasteiger charge is 2.42. The van der Waals surface area contributed by atoms with Gasteiger partial charge in [-0.25, -0.2) is 13.8 Å². The number of halogens is 2. The number of rotatable bonds is 4. The molecule has 1 saturated heterocycles. The van der Waals surface area contributed by atoms with E-state index >= 15 is 0 Å². The van der Waals surface area contributed by atoms with Crippen LogP contribution in [0.3, 0.4) is 0 Å². The van der Waals surface area contributed by atoms with E-state index in [9.17, 15) is 8.78 Å². The highest BCUT2D eigenvalue weighted by Crippen LogP contribution is 2.34. The average Bonchev–Trinajstić information content (AvgIpc) is 2.70. The molecule has 2 heterocycles. The topological polar surface area (TPSA) is 54.2 Å². The van der Waals surface area contributed by atoms with Gasteiger partial charge in [0, 0.05) is 41.9 Å². The molecule has 0 saturated carbocycles. The summed E-state index contributed by atoms with van der Waals surface area (Å²) in [4.78, 5) is 6.65. The van der Waals surface area contributed by atoms with Crippen LogP contribution in [0.4, 0.5) is 14.6 Å². The zero-order chi connectivity index (χ0) is 21.8. The van der Waals surface area contributed by atoms with Crippen molar-refractivity contribution in [2.45, 2.75) is 53.0 Å². The number of pyridine rings is 1. The molecule has 1 aromatic heterocycles. The first-order chi connectivity index (χ1) is 13.7. The van der Waals surface area contributed by atoms with E-state index in [1.165, 1.54) is 0 Å². The number of hydrogen-bond acceptors (Lipinski definition) is 4. The summed E-state index contributed by atoms with van der Waals surface area (Å²) in [6.07, 6.45) is 1.66. The van der Waals surface area contributed by atoms with E-state index in [1.807, 2.05) is 69.9 Å². The van der Waals surface area contributed by atoms with Gasteiger partial charge in [-0.3, -0.25) is 0 Å². The number of nitrogens with zero attached hydrogens (tertiary/aromatic N) is 2. The molecule has 3 rings (SSSR count). The Labute approximate surface area is 172 Å². The predicted molar refractivity (Wildman–Crippen MR) is 119 cm³/mol. The SMILES string of the molecule is C=C(N/C(C)=C/C)c1cc2ccc(C)cc2nc1N1CCC(F)(F)C(N)C1.CC. The highest BCUT2D eigenvalue weighted by molar-refractivity contribution is 5.87. The number of aromatic nitrogens is 1. The van der Waals surface area contributed by atoms with E-state index in [-0.39, 0.29) is 19.5 Å². The van der Waals surface area contributed by atoms with Gasteiger partial charge in [0.05, 0.1) is 11.6 Å². The van der Waals surface area contributed by atoms with E-state index in [4.69, 9.17) is 10.7 Å². The normalized spacial score (nSPS) is 18.8. The largest absolute Gasteiger partial charge is 0.359 e. The van der Waals surface area contributed by atoms with Crippen LogP contribution in [0.15, 0.2) is 42.6 Å². The van der Waals surface area contributed by atoms with Crippen molar-refractivity contribution in [2.75, 3.05) is 18.0 Å². The number of aryl methyl sites for hydroxylation is 1. The van der Waals surface area contributed by atoms with Crippen LogP contribution in [0.25, 0.3) is 16.6 Å². The Bertz CT molecular complexity index is 905. The monoisotopic (exact) mass is 402 g/mol. The fraction of sp³-hybridized carbons (Fsp3) is 0.435. The lowest BCUT2D eigenvalue weighted by Crippen LogP contribution is -2.55. The molecule has 2 aromatic rings. The number of benzene rings is 1. The number of nitrogens with one attached hydrogen (secondary N) is 1. The number of hydrogen-bond donors (Lipinski definition) is 2. The van der Waals surface area contributed by atoms with E-state index < -0.39 is 12.0 Å². The molecular weight excluding hydrogens is 370 g/mol. The van der Waals surface area contributed by atoms with Gasteiger partial charge in [-0.1, -0.05) is 38.6 Å². The summed E-state index contributed by atoms with van der Waals surface area (Å²) < 4.78 is 27.7. The van der Waals surface area contributed by atoms with Crippen LogP contribution >= 0.6 is 0 Å². The van der Waals surface area contributed by atoms with Crippen LogP contribution in [0, 0.1) is 6.92 Å². The van der Waals surface area contributed by atoms with Gasteiger partial charge < -0.3 is 16.0 Å². The van der Waals surface area contributed by atoms with E-state index in [2.05, 4.69) is 11.9 Å². The van der Waals surface area contributed by atoms with Crippen LogP contribution in [0.2, 0.25) is 0 Å². The van der Waals surface area contributed by atoms with E-state index in [1.54, 1.807) is 0 Å². The molecule has 1 aromatic carbocycles. The maximum atomic E-state index is 13.9. The van der Waals surface area contributed by atoms with Gasteiger partial charge >= 0.3 is 0 Å². The molecule has 3 N–H and O–H groups in total. The summed E-state index contributed by atoms with van der Waals surface area (Å²) in [5.74, 6) is -2.21. The predicted octanol–water partition coefficient (Wildman–Crippen LogP) is 5.23. The number of alkyl halides is 2. The van der Waals surface area contributed by atoms with Crippen LogP contribution in [0.5, 0.6) is 0 Å². The molecule has 0 amide bonds. The van der Waals surface area contributed by atoms with Gasteiger partial charge in [0.1, 0.15) is 5.82 Å². The minimum atomic E-state index is -2.85. The van der Waals surface area contributed by atoms with Crippen LogP contribution < -0.4 is 16.0 Å². The molecule has 1 aliphatic rings. The third-order valence-corrected chi connectivity index (χ3v) is 5.03. The molecule has 1 fully saturated rings. The van der Waals surface area contributed by atoms with Crippen molar-refractivity contribution >= 4 is 22.4 Å². The second-order valence-corrected chi connectivity index (χ2v) is 7.19. The Morgan fingerprint density at radius 3 is 2.66 bits per heavy atom. The summed E-state index contributed by atoms with van der Waals surface area (Å²) in [5.41, 5.74) is 10.1. The molecule has 0 radical (unpaired) electrons. The van der Waals surface area contributed by atoms with Crippen LogP contribution in [-0.4, -0.2) is 30.0 Å². The van der Waals surface area contributed by atoms with Crippen molar-refractivity contribution < 1.29 is 8.78 Å². The molecule has 1 atom stereocenters. The van der Waals surface area contributed by atoms with Gasteiger partial charge in [-0.15, -0.1) is 0 Å². The summed E-state index contributed by atoms with van der Waals surface area (Å²) in [6.45, 7) is 14.3. The minimum Gasteiger partial charge on any atom is -0.359 e. The first kappa shape index (κ1) is 22.8. The summed E-state index contributed by atoms with van der Waals surface area (Å²) in [7, 11) is 0. The Balaban J connectivity index is 0.00000145. The lowest BCUT2D eigenvalue weighted by atomic mass is 10.0. The van der Waals surface area contributed by atoms with Crippen LogP contribution in [0.1, 0.15) is 45.2 Å². The van der Waals surface area contributed by atoms with Gasteiger partial charge in [0.25, 0.3) is 5.92 Å². The molecule has 158 valence electrons. The Kier molecular flexibility index (Phi) is 7.36. The van der Waals surface area contributed by atoms with Gasteiger partial charge in [-0.05, 0) is 38.5 Å². The third-order valence-electron chi connectivity index (χ3n) is 5.03. The van der Waals surface area contributed by atoms with Crippen molar-refractivity contribution in [3.05, 3.63) is 53.7 Å². The molecule has 0 aliphatic carbocycles. The molecule has 0 bridgehead atoms. The molecule has 4 nitrogen and oxygen atoms in total. The third kappa shape index (κ3) is 5.12. The van der Waals surface area contributed by atoms with Crippen molar-refractivity contribution in [3.8, 4) is 0 Å². The Hall–Kier alpha value is -2.47. The number of piperidine rings is 1. The van der Waals surface area contributed by atoms with E-state index in [0.717, 1.165) is 27.7 Å². The number of anilines is 1. The lowest BCUT2D eigenvalue weighted by Gasteiger charge is -2.38. The summed E-state index contributed by atoms with van der Waals surface area (Å²) >= 11 is 0. The second kappa shape index (κ2) is 9.35. The highest BCUT2D eigenvalue weighted by atomic mass is 19.3. The molecule has 1 aliphatic heterocycles. The summed E-state index contributed by atoms with van der Waals surface area (Å²) in [5, 5.41) is 4.23. The zero-order valence-corrected chi connectivity index (χ0v) is 18.0. The molecule has 1 unspecified atom stereocenters. The maximum Gasteiger partial charge on any atom is 0.266 e. The van der Waals surface area contributed by atoms with Gasteiger partial charge in [-0.2, -0.15) is 0 Å². The van der Waals surface area contributed by atoms with Crippen molar-refractivity contribution in [1.82, 2.24) is 10.3 Å². The van der Waals surface area contributed by atoms with Gasteiger partial charge in [0.2, 0.25) is 0 Å². The molecular formula is C23H32F2N4. The molecule has 29 heavy (non-hydrogen) atoms.